The molecule has 0 heterocycles. The Balaban J connectivity index is 2.09. The molecule has 1 N–H and O–H groups in total. The van der Waals surface area contributed by atoms with Gasteiger partial charge in [-0.25, -0.2) is 0 Å². The van der Waals surface area contributed by atoms with E-state index in [1.807, 2.05) is 18.2 Å². The van der Waals surface area contributed by atoms with Crippen molar-refractivity contribution >= 4 is 21.9 Å². The maximum absolute atomic E-state index is 11.4. The van der Waals surface area contributed by atoms with Gasteiger partial charge in [0, 0.05) is 22.6 Å². The number of nitrogens with zero attached hydrogens (tertiary/aromatic N) is 1. The van der Waals surface area contributed by atoms with Crippen LogP contribution in [0, 0.1) is 0 Å². The van der Waals surface area contributed by atoms with Crippen LogP contribution >= 0.6 is 15.9 Å². The van der Waals surface area contributed by atoms with Gasteiger partial charge in [0.05, 0.1) is 6.61 Å². The van der Waals surface area contributed by atoms with Crippen molar-refractivity contribution in [2.45, 2.75) is 64.6 Å². The molecule has 1 aliphatic carbocycles. The first-order valence-electron chi connectivity index (χ1n) is 8.42. The van der Waals surface area contributed by atoms with E-state index in [4.69, 9.17) is 4.74 Å². The smallest absolute Gasteiger partial charge is 0.320 e. The molecule has 5 heteroatoms. The summed E-state index contributed by atoms with van der Waals surface area (Å²) in [5, 5.41) is 9.35. The summed E-state index contributed by atoms with van der Waals surface area (Å²) >= 11 is 3.51. The number of benzene rings is 1. The van der Waals surface area contributed by atoms with Gasteiger partial charge in [-0.2, -0.15) is 0 Å². The number of carbonyl (C=O) groups is 1. The Morgan fingerprint density at radius 1 is 1.43 bits per heavy atom. The third-order valence-electron chi connectivity index (χ3n) is 4.25. The molecule has 1 aromatic carbocycles. The number of hydrogen-bond acceptors (Lipinski definition) is 3. The number of halogens is 1. The quantitative estimate of drug-likeness (QED) is 0.606. The van der Waals surface area contributed by atoms with E-state index in [0.29, 0.717) is 19.2 Å². The Labute approximate surface area is 147 Å². The van der Waals surface area contributed by atoms with Crippen molar-refractivity contribution in [2.24, 2.45) is 0 Å². The summed E-state index contributed by atoms with van der Waals surface area (Å²) in [5.74, 6) is 0.102. The highest BCUT2D eigenvalue weighted by Gasteiger charge is 2.35. The van der Waals surface area contributed by atoms with Crippen molar-refractivity contribution in [1.29, 1.82) is 0 Å². The number of carboxylic acid groups (broad SMARTS) is 1. The van der Waals surface area contributed by atoms with Gasteiger partial charge in [0.1, 0.15) is 11.8 Å². The molecule has 1 saturated carbocycles. The molecule has 0 amide bonds. The Hall–Kier alpha value is -1.07. The highest BCUT2D eigenvalue weighted by atomic mass is 79.9. The van der Waals surface area contributed by atoms with Crippen molar-refractivity contribution in [3.8, 4) is 5.75 Å². The molecule has 4 nitrogen and oxygen atoms in total. The van der Waals surface area contributed by atoms with E-state index < -0.39 is 12.0 Å². The molecule has 0 radical (unpaired) electrons. The lowest BCUT2D eigenvalue weighted by Gasteiger charge is -2.27. The standard InChI is InChI=1S/C18H26BrNO3/c1-3-4-5-10-23-17-9-6-15(19)11-14(17)12-20(16-7-8-16)13(2)18(21)22/h6,9,11,13,16H,3-5,7-8,10,12H2,1-2H3,(H,21,22). The normalized spacial score (nSPS) is 15.7. The van der Waals surface area contributed by atoms with Crippen LogP contribution in [0.3, 0.4) is 0 Å². The van der Waals surface area contributed by atoms with Gasteiger partial charge < -0.3 is 9.84 Å². The van der Waals surface area contributed by atoms with Crippen molar-refractivity contribution in [2.75, 3.05) is 6.61 Å². The molecule has 128 valence electrons. The highest BCUT2D eigenvalue weighted by molar-refractivity contribution is 9.10. The van der Waals surface area contributed by atoms with E-state index in [1.54, 1.807) is 6.92 Å². The van der Waals surface area contributed by atoms with E-state index >= 15 is 0 Å². The van der Waals surface area contributed by atoms with Crippen LogP contribution in [0.2, 0.25) is 0 Å². The van der Waals surface area contributed by atoms with Crippen LogP contribution in [0.5, 0.6) is 5.75 Å². The molecule has 2 rings (SSSR count). The third kappa shape index (κ3) is 5.50. The van der Waals surface area contributed by atoms with Gasteiger partial charge >= 0.3 is 5.97 Å². The first kappa shape index (κ1) is 18.3. The number of aliphatic carboxylic acids is 1. The molecule has 0 aliphatic heterocycles. The van der Waals surface area contributed by atoms with Crippen molar-refractivity contribution in [3.63, 3.8) is 0 Å². The zero-order valence-electron chi connectivity index (χ0n) is 13.9. The van der Waals surface area contributed by atoms with Crippen LogP contribution in [0.1, 0.15) is 51.5 Å². The average molecular weight is 384 g/mol. The minimum Gasteiger partial charge on any atom is -0.493 e. The first-order valence-corrected chi connectivity index (χ1v) is 9.22. The fraction of sp³-hybridized carbons (Fsp3) is 0.611. The highest BCUT2D eigenvalue weighted by Crippen LogP contribution is 2.33. The van der Waals surface area contributed by atoms with Gasteiger partial charge in [-0.05, 0) is 44.4 Å². The van der Waals surface area contributed by atoms with Crippen LogP contribution < -0.4 is 4.74 Å². The van der Waals surface area contributed by atoms with Crippen molar-refractivity contribution in [3.05, 3.63) is 28.2 Å². The second kappa shape index (κ2) is 8.69. The zero-order chi connectivity index (χ0) is 16.8. The van der Waals surface area contributed by atoms with Gasteiger partial charge in [-0.1, -0.05) is 35.7 Å². The largest absolute Gasteiger partial charge is 0.493 e. The predicted molar refractivity (Wildman–Crippen MR) is 94.8 cm³/mol. The molecule has 1 aliphatic rings. The van der Waals surface area contributed by atoms with E-state index in [9.17, 15) is 9.90 Å². The van der Waals surface area contributed by atoms with E-state index in [2.05, 4.69) is 27.8 Å². The first-order chi connectivity index (χ1) is 11.0. The fourth-order valence-corrected chi connectivity index (χ4v) is 3.08. The van der Waals surface area contributed by atoms with Crippen LogP contribution in [0.15, 0.2) is 22.7 Å². The lowest BCUT2D eigenvalue weighted by molar-refractivity contribution is -0.143. The SMILES string of the molecule is CCCCCOc1ccc(Br)cc1CN(C1CC1)C(C)C(=O)O. The maximum atomic E-state index is 11.4. The number of rotatable bonds is 10. The summed E-state index contributed by atoms with van der Waals surface area (Å²) in [5.41, 5.74) is 1.05. The maximum Gasteiger partial charge on any atom is 0.320 e. The molecule has 23 heavy (non-hydrogen) atoms. The molecule has 0 aromatic heterocycles. The van der Waals surface area contributed by atoms with Crippen LogP contribution in [-0.4, -0.2) is 34.7 Å². The van der Waals surface area contributed by atoms with Gasteiger partial charge in [0.25, 0.3) is 0 Å². The molecule has 1 fully saturated rings. The predicted octanol–water partition coefficient (Wildman–Crippen LogP) is 4.46. The lowest BCUT2D eigenvalue weighted by Crippen LogP contribution is -2.40. The van der Waals surface area contributed by atoms with Crippen molar-refractivity contribution in [1.82, 2.24) is 4.90 Å². The third-order valence-corrected chi connectivity index (χ3v) is 4.74. The zero-order valence-corrected chi connectivity index (χ0v) is 15.5. The number of carboxylic acids is 1. The Morgan fingerprint density at radius 2 is 2.17 bits per heavy atom. The van der Waals surface area contributed by atoms with Gasteiger partial charge in [0.15, 0.2) is 0 Å². The minimum atomic E-state index is -0.766. The number of unbranched alkanes of at least 4 members (excludes halogenated alkanes) is 2. The van der Waals surface area contributed by atoms with Crippen LogP contribution in [0.25, 0.3) is 0 Å². The molecular weight excluding hydrogens is 358 g/mol. The average Bonchev–Trinajstić information content (AvgIpc) is 3.34. The molecule has 1 aromatic rings. The molecular formula is C18H26BrNO3. The second-order valence-electron chi connectivity index (χ2n) is 6.23. The summed E-state index contributed by atoms with van der Waals surface area (Å²) in [7, 11) is 0. The topological polar surface area (TPSA) is 49.8 Å². The van der Waals surface area contributed by atoms with Gasteiger partial charge in [0.2, 0.25) is 0 Å². The van der Waals surface area contributed by atoms with Crippen LogP contribution in [0.4, 0.5) is 0 Å². The van der Waals surface area contributed by atoms with Gasteiger partial charge in [-0.3, -0.25) is 9.69 Å². The number of hydrogen-bond donors (Lipinski definition) is 1. The summed E-state index contributed by atoms with van der Waals surface area (Å²) in [6, 6.07) is 5.89. The molecule has 1 atom stereocenters. The van der Waals surface area contributed by atoms with E-state index in [1.165, 1.54) is 6.42 Å². The molecule has 0 saturated heterocycles. The number of ether oxygens (including phenoxy) is 1. The second-order valence-corrected chi connectivity index (χ2v) is 7.14. The Kier molecular flexibility index (Phi) is 6.90. The van der Waals surface area contributed by atoms with E-state index in [0.717, 1.165) is 41.5 Å². The van der Waals surface area contributed by atoms with Crippen molar-refractivity contribution < 1.29 is 14.6 Å². The van der Waals surface area contributed by atoms with Gasteiger partial charge in [-0.15, -0.1) is 0 Å². The Morgan fingerprint density at radius 3 is 2.78 bits per heavy atom. The van der Waals surface area contributed by atoms with Crippen LogP contribution in [-0.2, 0) is 11.3 Å². The van der Waals surface area contributed by atoms with E-state index in [-0.39, 0.29) is 0 Å². The molecule has 0 bridgehead atoms. The fourth-order valence-electron chi connectivity index (χ4n) is 2.67. The summed E-state index contributed by atoms with van der Waals surface area (Å²) in [4.78, 5) is 13.4. The monoisotopic (exact) mass is 383 g/mol. The summed E-state index contributed by atoms with van der Waals surface area (Å²) in [6.45, 7) is 5.26. The summed E-state index contributed by atoms with van der Waals surface area (Å²) in [6.07, 6.45) is 5.54. The summed E-state index contributed by atoms with van der Waals surface area (Å²) < 4.78 is 6.93. The lowest BCUT2D eigenvalue weighted by atomic mass is 10.1. The molecule has 0 spiro atoms. The molecule has 1 unspecified atom stereocenters. The Bertz CT molecular complexity index is 531. The minimum absolute atomic E-state index is 0.382.